The summed E-state index contributed by atoms with van der Waals surface area (Å²) in [5.74, 6) is 0.940. The highest BCUT2D eigenvalue weighted by Crippen LogP contribution is 2.31. The van der Waals surface area contributed by atoms with Crippen LogP contribution < -0.4 is 0 Å². The molecule has 0 bridgehead atoms. The highest BCUT2D eigenvalue weighted by molar-refractivity contribution is 6.20. The van der Waals surface area contributed by atoms with Gasteiger partial charge in [0.1, 0.15) is 11.3 Å². The summed E-state index contributed by atoms with van der Waals surface area (Å²) in [6.07, 6.45) is 1.13. The number of likely N-dealkylation sites (N-methyl/N-ethyl adjacent to an activating group) is 1. The highest BCUT2D eigenvalue weighted by atomic mass is 35.5. The van der Waals surface area contributed by atoms with E-state index in [1.165, 1.54) is 0 Å². The number of aryl methyl sites for hydroxylation is 1. The number of rotatable bonds is 2. The van der Waals surface area contributed by atoms with Gasteiger partial charge in [0.05, 0.1) is 11.4 Å². The van der Waals surface area contributed by atoms with Crippen LogP contribution in [-0.4, -0.2) is 39.6 Å². The first-order valence-corrected chi connectivity index (χ1v) is 7.18. The summed E-state index contributed by atoms with van der Waals surface area (Å²) in [5.41, 5.74) is 2.94. The Labute approximate surface area is 118 Å². The molecule has 0 saturated carbocycles. The van der Waals surface area contributed by atoms with Gasteiger partial charge in [-0.15, -0.1) is 11.6 Å². The predicted octanol–water partition coefficient (Wildman–Crippen LogP) is 2.92. The molecule has 2 atom stereocenters. The van der Waals surface area contributed by atoms with Crippen LogP contribution in [0.25, 0.3) is 11.2 Å². The molecule has 2 aromatic rings. The third kappa shape index (κ3) is 2.23. The predicted molar refractivity (Wildman–Crippen MR) is 77.7 cm³/mol. The fraction of sp³-hybridized carbons (Fsp3) is 0.571. The fourth-order valence-corrected chi connectivity index (χ4v) is 3.00. The summed E-state index contributed by atoms with van der Waals surface area (Å²) in [7, 11) is 2.15. The van der Waals surface area contributed by atoms with Gasteiger partial charge in [-0.05, 0) is 46.0 Å². The van der Waals surface area contributed by atoms with E-state index in [1.54, 1.807) is 0 Å². The normalized spacial score (nSPS) is 22.2. The van der Waals surface area contributed by atoms with Crippen LogP contribution in [-0.2, 0) is 0 Å². The first kappa shape index (κ1) is 12.9. The Morgan fingerprint density at radius 1 is 1.37 bits per heavy atom. The van der Waals surface area contributed by atoms with Crippen molar-refractivity contribution >= 4 is 22.8 Å². The van der Waals surface area contributed by atoms with Crippen LogP contribution in [0.15, 0.2) is 12.1 Å². The maximum Gasteiger partial charge on any atom is 0.160 e. The van der Waals surface area contributed by atoms with Gasteiger partial charge in [-0.1, -0.05) is 0 Å². The summed E-state index contributed by atoms with van der Waals surface area (Å²) < 4.78 is 2.25. The van der Waals surface area contributed by atoms with Crippen molar-refractivity contribution in [2.75, 3.05) is 20.1 Å². The van der Waals surface area contributed by atoms with Gasteiger partial charge in [0.2, 0.25) is 0 Å². The molecule has 0 aromatic carbocycles. The molecule has 1 aliphatic heterocycles. The molecule has 1 aliphatic rings. The van der Waals surface area contributed by atoms with E-state index in [2.05, 4.69) is 26.5 Å². The molecule has 4 nitrogen and oxygen atoms in total. The molecule has 0 spiro atoms. The minimum absolute atomic E-state index is 0.0968. The van der Waals surface area contributed by atoms with Gasteiger partial charge in [-0.25, -0.2) is 9.97 Å². The molecule has 2 aromatic heterocycles. The fourth-order valence-electron chi connectivity index (χ4n) is 2.85. The van der Waals surface area contributed by atoms with Gasteiger partial charge < -0.3 is 9.47 Å². The maximum absolute atomic E-state index is 6.31. The van der Waals surface area contributed by atoms with Crippen molar-refractivity contribution < 1.29 is 0 Å². The van der Waals surface area contributed by atoms with Gasteiger partial charge >= 0.3 is 0 Å². The number of nitrogens with zero attached hydrogens (tertiary/aromatic N) is 4. The quantitative estimate of drug-likeness (QED) is 0.792. The lowest BCUT2D eigenvalue weighted by Crippen LogP contribution is -2.18. The number of aromatic nitrogens is 3. The van der Waals surface area contributed by atoms with E-state index in [0.29, 0.717) is 6.04 Å². The third-order valence-corrected chi connectivity index (χ3v) is 3.99. The van der Waals surface area contributed by atoms with Gasteiger partial charge in [0.15, 0.2) is 5.65 Å². The molecule has 5 heteroatoms. The summed E-state index contributed by atoms with van der Waals surface area (Å²) in [6.45, 7) is 6.15. The van der Waals surface area contributed by atoms with Crippen molar-refractivity contribution in [1.29, 1.82) is 0 Å². The maximum atomic E-state index is 6.31. The van der Waals surface area contributed by atoms with E-state index in [0.717, 1.165) is 42.2 Å². The smallest absolute Gasteiger partial charge is 0.160 e. The van der Waals surface area contributed by atoms with Crippen molar-refractivity contribution in [1.82, 2.24) is 19.4 Å². The Kier molecular flexibility index (Phi) is 3.23. The number of pyridine rings is 1. The number of hydrogen-bond acceptors (Lipinski definition) is 3. The minimum atomic E-state index is -0.0968. The lowest BCUT2D eigenvalue weighted by atomic mass is 10.2. The van der Waals surface area contributed by atoms with Gasteiger partial charge in [0, 0.05) is 12.2 Å². The number of alkyl halides is 1. The monoisotopic (exact) mass is 278 g/mol. The Morgan fingerprint density at radius 3 is 2.79 bits per heavy atom. The van der Waals surface area contributed by atoms with Crippen molar-refractivity contribution in [3.63, 3.8) is 0 Å². The second kappa shape index (κ2) is 4.76. The zero-order valence-corrected chi connectivity index (χ0v) is 12.4. The van der Waals surface area contributed by atoms with Crippen molar-refractivity contribution in [2.24, 2.45) is 0 Å². The van der Waals surface area contributed by atoms with Crippen LogP contribution in [0.5, 0.6) is 0 Å². The average Bonchev–Trinajstić information content (AvgIpc) is 2.92. The van der Waals surface area contributed by atoms with Crippen LogP contribution in [0.1, 0.15) is 36.3 Å². The minimum Gasteiger partial charge on any atom is -0.307 e. The van der Waals surface area contributed by atoms with Crippen LogP contribution in [0.3, 0.4) is 0 Å². The van der Waals surface area contributed by atoms with Crippen molar-refractivity contribution in [2.45, 2.75) is 31.7 Å². The molecule has 102 valence electrons. The van der Waals surface area contributed by atoms with Gasteiger partial charge in [0.25, 0.3) is 0 Å². The van der Waals surface area contributed by atoms with Gasteiger partial charge in [-0.3, -0.25) is 0 Å². The van der Waals surface area contributed by atoms with E-state index in [1.807, 2.05) is 26.0 Å². The molecule has 1 fully saturated rings. The van der Waals surface area contributed by atoms with E-state index in [4.69, 9.17) is 11.6 Å². The molecular weight excluding hydrogens is 260 g/mol. The SMILES string of the molecule is Cc1ccc2nc(C(C)Cl)n(C3CCN(C)C3)c2n1. The molecule has 2 unspecified atom stereocenters. The van der Waals surface area contributed by atoms with Crippen LogP contribution in [0.2, 0.25) is 0 Å². The Morgan fingerprint density at radius 2 is 2.16 bits per heavy atom. The molecule has 0 aliphatic carbocycles. The molecule has 0 radical (unpaired) electrons. The Balaban J connectivity index is 2.18. The van der Waals surface area contributed by atoms with E-state index in [-0.39, 0.29) is 5.38 Å². The Hall–Kier alpha value is -1.13. The van der Waals surface area contributed by atoms with E-state index < -0.39 is 0 Å². The summed E-state index contributed by atoms with van der Waals surface area (Å²) in [5, 5.41) is -0.0968. The lowest BCUT2D eigenvalue weighted by molar-refractivity contribution is 0.391. The van der Waals surface area contributed by atoms with E-state index in [9.17, 15) is 0 Å². The number of imidazole rings is 1. The molecule has 19 heavy (non-hydrogen) atoms. The lowest BCUT2D eigenvalue weighted by Gasteiger charge is -2.17. The topological polar surface area (TPSA) is 34.0 Å². The zero-order valence-electron chi connectivity index (χ0n) is 11.6. The molecule has 0 amide bonds. The number of halogens is 1. The summed E-state index contributed by atoms with van der Waals surface area (Å²) >= 11 is 6.31. The number of hydrogen-bond donors (Lipinski definition) is 0. The standard InChI is InChI=1S/C14H19ClN4/c1-9-4-5-12-14(16-9)19(13(17-12)10(2)15)11-6-7-18(3)8-11/h4-5,10-11H,6-8H2,1-3H3. The Bertz CT molecular complexity index is 605. The molecule has 3 rings (SSSR count). The first-order valence-electron chi connectivity index (χ1n) is 6.74. The second-order valence-corrected chi connectivity index (χ2v) is 6.11. The van der Waals surface area contributed by atoms with Crippen LogP contribution in [0.4, 0.5) is 0 Å². The van der Waals surface area contributed by atoms with Gasteiger partial charge in [-0.2, -0.15) is 0 Å². The second-order valence-electron chi connectivity index (χ2n) is 5.46. The van der Waals surface area contributed by atoms with Crippen molar-refractivity contribution in [3.8, 4) is 0 Å². The molecule has 3 heterocycles. The molecule has 1 saturated heterocycles. The average molecular weight is 279 g/mol. The zero-order chi connectivity index (χ0) is 13.6. The summed E-state index contributed by atoms with van der Waals surface area (Å²) in [4.78, 5) is 11.7. The number of likely N-dealkylation sites (tertiary alicyclic amines) is 1. The molecule has 0 N–H and O–H groups in total. The van der Waals surface area contributed by atoms with Crippen molar-refractivity contribution in [3.05, 3.63) is 23.7 Å². The largest absolute Gasteiger partial charge is 0.307 e. The van der Waals surface area contributed by atoms with Crippen LogP contribution >= 0.6 is 11.6 Å². The van der Waals surface area contributed by atoms with Crippen LogP contribution in [0, 0.1) is 6.92 Å². The van der Waals surface area contributed by atoms with E-state index >= 15 is 0 Å². The first-order chi connectivity index (χ1) is 9.06. The highest BCUT2D eigenvalue weighted by Gasteiger charge is 2.27. The summed E-state index contributed by atoms with van der Waals surface area (Å²) in [6, 6.07) is 4.47. The number of fused-ring (bicyclic) bond motifs is 1. The molecular formula is C14H19ClN4. The third-order valence-electron chi connectivity index (χ3n) is 3.79.